The molecular weight excluding hydrogens is 342 g/mol. The number of nitrogens with two attached hydrogens (primary N) is 1. The summed E-state index contributed by atoms with van der Waals surface area (Å²) in [7, 11) is 0. The summed E-state index contributed by atoms with van der Waals surface area (Å²) in [5.41, 5.74) is 5.97. The van der Waals surface area contributed by atoms with Crippen molar-refractivity contribution in [3.05, 3.63) is 37.0 Å². The Bertz CT molecular complexity index is 516. The fourth-order valence-electron chi connectivity index (χ4n) is 1.81. The SMILES string of the molecule is C=CC(=O)O.C=CC(=O)O.CC1=CC(=O)CC(C)(C)C1.CCOC(N)=O. The van der Waals surface area contributed by atoms with Crippen LogP contribution in [0.15, 0.2) is 37.0 Å². The Morgan fingerprint density at radius 1 is 1.19 bits per heavy atom. The van der Waals surface area contributed by atoms with Gasteiger partial charge >= 0.3 is 18.0 Å². The van der Waals surface area contributed by atoms with Crippen molar-refractivity contribution in [2.45, 2.75) is 40.5 Å². The summed E-state index contributed by atoms with van der Waals surface area (Å²) in [5, 5.41) is 15.2. The summed E-state index contributed by atoms with van der Waals surface area (Å²) in [6.45, 7) is 14.3. The Balaban J connectivity index is -0.000000289. The van der Waals surface area contributed by atoms with Gasteiger partial charge in [-0.05, 0) is 31.8 Å². The number of carboxylic acid groups (broad SMARTS) is 2. The molecule has 0 aromatic rings. The van der Waals surface area contributed by atoms with Crippen LogP contribution < -0.4 is 5.73 Å². The van der Waals surface area contributed by atoms with Crippen molar-refractivity contribution in [3.8, 4) is 0 Å². The van der Waals surface area contributed by atoms with Crippen LogP contribution in [0, 0.1) is 5.41 Å². The van der Waals surface area contributed by atoms with E-state index in [1.165, 1.54) is 5.57 Å². The van der Waals surface area contributed by atoms with Gasteiger partial charge in [0.15, 0.2) is 5.78 Å². The molecule has 148 valence electrons. The van der Waals surface area contributed by atoms with Crippen LogP contribution in [0.5, 0.6) is 0 Å². The summed E-state index contributed by atoms with van der Waals surface area (Å²) in [4.78, 5) is 39.1. The number of carboxylic acids is 2. The first-order valence-electron chi connectivity index (χ1n) is 7.64. The molecule has 1 aliphatic rings. The lowest BCUT2D eigenvalue weighted by atomic mass is 9.77. The van der Waals surface area contributed by atoms with Crippen LogP contribution in [-0.4, -0.2) is 40.6 Å². The second kappa shape index (κ2) is 15.6. The highest BCUT2D eigenvalue weighted by atomic mass is 16.5. The monoisotopic (exact) mass is 371 g/mol. The third kappa shape index (κ3) is 26.0. The van der Waals surface area contributed by atoms with Gasteiger partial charge in [0.1, 0.15) is 0 Å². The topological polar surface area (TPSA) is 144 Å². The third-order valence-electron chi connectivity index (χ3n) is 2.45. The minimum atomic E-state index is -0.981. The fourth-order valence-corrected chi connectivity index (χ4v) is 1.81. The maximum absolute atomic E-state index is 11.0. The number of aliphatic carboxylic acids is 2. The Labute approximate surface area is 154 Å². The van der Waals surface area contributed by atoms with E-state index in [0.29, 0.717) is 13.0 Å². The molecule has 1 rings (SSSR count). The maximum atomic E-state index is 11.0. The highest BCUT2D eigenvalue weighted by Crippen LogP contribution is 2.32. The van der Waals surface area contributed by atoms with Gasteiger partial charge in [-0.1, -0.05) is 32.6 Å². The molecule has 0 saturated heterocycles. The van der Waals surface area contributed by atoms with E-state index in [-0.39, 0.29) is 11.2 Å². The number of primary amides is 1. The Hall–Kier alpha value is -2.90. The number of hydrogen-bond acceptors (Lipinski definition) is 5. The van der Waals surface area contributed by atoms with E-state index in [1.807, 2.05) is 6.92 Å². The Kier molecular flexibility index (Phi) is 16.8. The van der Waals surface area contributed by atoms with E-state index in [4.69, 9.17) is 10.2 Å². The normalized spacial score (nSPS) is 13.5. The molecule has 4 N–H and O–H groups in total. The number of hydrogen-bond donors (Lipinski definition) is 3. The molecule has 0 heterocycles. The Morgan fingerprint density at radius 2 is 1.58 bits per heavy atom. The predicted octanol–water partition coefficient (Wildman–Crippen LogP) is 2.94. The smallest absolute Gasteiger partial charge is 0.404 e. The van der Waals surface area contributed by atoms with E-state index in [0.717, 1.165) is 18.6 Å². The quantitative estimate of drug-likeness (QED) is 0.647. The van der Waals surface area contributed by atoms with Crippen LogP contribution >= 0.6 is 0 Å². The minimum Gasteiger partial charge on any atom is -0.478 e. The molecule has 8 heteroatoms. The standard InChI is InChI=1S/C9H14O.C3H7NO2.2C3H4O2/c1-7-4-8(10)6-9(2,3)5-7;1-2-6-3(4)5;2*1-2-3(4)5/h4H,5-6H2,1-3H3;2H2,1H3,(H2,4,5);2*2H,1H2,(H,4,5). The molecule has 0 unspecified atom stereocenters. The second-order valence-corrected chi connectivity index (χ2v) is 5.81. The van der Waals surface area contributed by atoms with Gasteiger partial charge in [0.05, 0.1) is 6.61 Å². The lowest BCUT2D eigenvalue weighted by Gasteiger charge is -2.27. The highest BCUT2D eigenvalue weighted by molar-refractivity contribution is 5.91. The van der Waals surface area contributed by atoms with Crippen molar-refractivity contribution in [2.75, 3.05) is 6.61 Å². The van der Waals surface area contributed by atoms with Gasteiger partial charge in [-0.2, -0.15) is 0 Å². The molecule has 0 spiro atoms. The molecule has 0 saturated carbocycles. The van der Waals surface area contributed by atoms with E-state index in [2.05, 4.69) is 37.5 Å². The van der Waals surface area contributed by atoms with Crippen molar-refractivity contribution in [1.29, 1.82) is 0 Å². The summed E-state index contributed by atoms with van der Waals surface area (Å²) in [5.74, 6) is -1.68. The summed E-state index contributed by atoms with van der Waals surface area (Å²) in [6, 6.07) is 0. The molecule has 1 amide bonds. The van der Waals surface area contributed by atoms with Crippen LogP contribution in [-0.2, 0) is 19.1 Å². The fraction of sp³-hybridized carbons (Fsp3) is 0.444. The van der Waals surface area contributed by atoms with E-state index in [1.54, 1.807) is 13.0 Å². The van der Waals surface area contributed by atoms with Gasteiger partial charge in [-0.25, -0.2) is 14.4 Å². The van der Waals surface area contributed by atoms with Crippen LogP contribution in [0.25, 0.3) is 0 Å². The van der Waals surface area contributed by atoms with Crippen molar-refractivity contribution in [2.24, 2.45) is 11.1 Å². The van der Waals surface area contributed by atoms with E-state index < -0.39 is 18.0 Å². The first kappa shape index (κ1) is 27.9. The molecular formula is C18H29NO7. The molecule has 0 aromatic heterocycles. The van der Waals surface area contributed by atoms with Crippen molar-refractivity contribution in [3.63, 3.8) is 0 Å². The molecule has 8 nitrogen and oxygen atoms in total. The zero-order valence-corrected chi connectivity index (χ0v) is 15.8. The molecule has 0 aromatic carbocycles. The summed E-state index contributed by atoms with van der Waals surface area (Å²) in [6.07, 6.45) is 4.51. The number of carbonyl (C=O) groups is 4. The highest BCUT2D eigenvalue weighted by Gasteiger charge is 2.25. The van der Waals surface area contributed by atoms with E-state index >= 15 is 0 Å². The molecule has 0 aliphatic heterocycles. The van der Waals surface area contributed by atoms with Crippen LogP contribution in [0.2, 0.25) is 0 Å². The molecule has 26 heavy (non-hydrogen) atoms. The zero-order valence-electron chi connectivity index (χ0n) is 15.8. The van der Waals surface area contributed by atoms with Crippen molar-refractivity contribution < 1.29 is 34.1 Å². The number of carbonyl (C=O) groups excluding carboxylic acids is 2. The van der Waals surface area contributed by atoms with Crippen molar-refractivity contribution >= 4 is 23.8 Å². The third-order valence-corrected chi connectivity index (χ3v) is 2.45. The van der Waals surface area contributed by atoms with Crippen LogP contribution in [0.3, 0.4) is 0 Å². The van der Waals surface area contributed by atoms with Gasteiger partial charge < -0.3 is 20.7 Å². The van der Waals surface area contributed by atoms with E-state index in [9.17, 15) is 19.2 Å². The second-order valence-electron chi connectivity index (χ2n) is 5.81. The first-order chi connectivity index (χ1) is 11.8. The van der Waals surface area contributed by atoms with Gasteiger partial charge in [-0.3, -0.25) is 4.79 Å². The predicted molar refractivity (Wildman–Crippen MR) is 98.7 cm³/mol. The summed E-state index contributed by atoms with van der Waals surface area (Å²) >= 11 is 0. The number of rotatable bonds is 3. The lowest BCUT2D eigenvalue weighted by molar-refractivity contribution is -0.132. The molecule has 0 bridgehead atoms. The average molecular weight is 371 g/mol. The largest absolute Gasteiger partial charge is 0.478 e. The van der Waals surface area contributed by atoms with Crippen LogP contribution in [0.4, 0.5) is 4.79 Å². The minimum absolute atomic E-state index is 0.204. The number of ketones is 1. The van der Waals surface area contributed by atoms with Gasteiger partial charge in [0, 0.05) is 18.6 Å². The zero-order chi connectivity index (χ0) is 21.3. The van der Waals surface area contributed by atoms with Gasteiger partial charge in [0.2, 0.25) is 0 Å². The van der Waals surface area contributed by atoms with Gasteiger partial charge in [-0.15, -0.1) is 0 Å². The number of amides is 1. The average Bonchev–Trinajstić information content (AvgIpc) is 2.46. The first-order valence-corrected chi connectivity index (χ1v) is 7.64. The van der Waals surface area contributed by atoms with Crippen molar-refractivity contribution in [1.82, 2.24) is 0 Å². The number of allylic oxidation sites excluding steroid dienone is 2. The summed E-state index contributed by atoms with van der Waals surface area (Å²) < 4.78 is 4.18. The maximum Gasteiger partial charge on any atom is 0.404 e. The lowest BCUT2D eigenvalue weighted by Crippen LogP contribution is -2.20. The number of ether oxygens (including phenoxy) is 1. The molecule has 0 fully saturated rings. The Morgan fingerprint density at radius 3 is 1.73 bits per heavy atom. The molecule has 0 radical (unpaired) electrons. The van der Waals surface area contributed by atoms with Crippen LogP contribution in [0.1, 0.15) is 40.5 Å². The molecule has 1 aliphatic carbocycles. The molecule has 0 atom stereocenters. The van der Waals surface area contributed by atoms with Gasteiger partial charge in [0.25, 0.3) is 0 Å².